The lowest BCUT2D eigenvalue weighted by Crippen LogP contribution is -2.40. The van der Waals surface area contributed by atoms with Crippen molar-refractivity contribution in [2.24, 2.45) is 0 Å². The van der Waals surface area contributed by atoms with Gasteiger partial charge in [-0.15, -0.1) is 0 Å². The molecular weight excluding hydrogens is 343 g/mol. The second-order valence-electron chi connectivity index (χ2n) is 4.72. The van der Waals surface area contributed by atoms with Crippen LogP contribution in [0.1, 0.15) is 19.3 Å². The molecule has 0 aliphatic carbocycles. The van der Waals surface area contributed by atoms with Gasteiger partial charge in [0, 0.05) is 17.6 Å². The van der Waals surface area contributed by atoms with E-state index in [0.29, 0.717) is 11.6 Å². The summed E-state index contributed by atoms with van der Waals surface area (Å²) in [6, 6.07) is 2.58. The van der Waals surface area contributed by atoms with Crippen molar-refractivity contribution in [3.8, 4) is 0 Å². The van der Waals surface area contributed by atoms with Crippen LogP contribution >= 0.6 is 34.8 Å². The number of hydrogen-bond donors (Lipinski definition) is 2. The van der Waals surface area contributed by atoms with Gasteiger partial charge in [-0.3, -0.25) is 0 Å². The van der Waals surface area contributed by atoms with Gasteiger partial charge in [-0.05, 0) is 31.5 Å². The maximum Gasteiger partial charge on any atom is 0.243 e. The SMILES string of the molecule is O=S(=O)(NC1CCCCNC1)c1c(Cl)cc(Cl)cc1Cl. The van der Waals surface area contributed by atoms with E-state index >= 15 is 0 Å². The van der Waals surface area contributed by atoms with Gasteiger partial charge in [0.2, 0.25) is 10.0 Å². The maximum atomic E-state index is 12.4. The van der Waals surface area contributed by atoms with E-state index in [4.69, 9.17) is 34.8 Å². The highest BCUT2D eigenvalue weighted by atomic mass is 35.5. The first-order valence-electron chi connectivity index (χ1n) is 6.28. The van der Waals surface area contributed by atoms with Crippen molar-refractivity contribution in [3.63, 3.8) is 0 Å². The minimum absolute atomic E-state index is 0.0246. The number of benzene rings is 1. The Morgan fingerprint density at radius 1 is 1.15 bits per heavy atom. The molecule has 0 aromatic heterocycles. The lowest BCUT2D eigenvalue weighted by molar-refractivity contribution is 0.521. The molecular formula is C12H15Cl3N2O2S. The molecule has 1 saturated heterocycles. The Morgan fingerprint density at radius 3 is 2.45 bits per heavy atom. The summed E-state index contributed by atoms with van der Waals surface area (Å²) in [5.74, 6) is 0. The van der Waals surface area contributed by atoms with E-state index in [2.05, 4.69) is 10.0 Å². The zero-order valence-electron chi connectivity index (χ0n) is 10.6. The van der Waals surface area contributed by atoms with Gasteiger partial charge in [-0.25, -0.2) is 13.1 Å². The quantitative estimate of drug-likeness (QED) is 0.874. The maximum absolute atomic E-state index is 12.4. The Labute approximate surface area is 133 Å². The van der Waals surface area contributed by atoms with Crippen molar-refractivity contribution in [1.29, 1.82) is 0 Å². The summed E-state index contributed by atoms with van der Waals surface area (Å²) in [6.45, 7) is 1.50. The molecule has 1 aromatic carbocycles. The predicted octanol–water partition coefficient (Wildman–Crippen LogP) is 3.07. The molecule has 20 heavy (non-hydrogen) atoms. The number of sulfonamides is 1. The fourth-order valence-corrected chi connectivity index (χ4v) is 5.00. The molecule has 2 rings (SSSR count). The molecule has 1 aliphatic rings. The summed E-state index contributed by atoms with van der Waals surface area (Å²) >= 11 is 17.7. The summed E-state index contributed by atoms with van der Waals surface area (Å²) < 4.78 is 27.5. The molecule has 1 unspecified atom stereocenters. The molecule has 0 amide bonds. The molecule has 0 bridgehead atoms. The van der Waals surface area contributed by atoms with Gasteiger partial charge in [0.15, 0.2) is 0 Å². The minimum atomic E-state index is -3.77. The predicted molar refractivity (Wildman–Crippen MR) is 82.3 cm³/mol. The third-order valence-electron chi connectivity index (χ3n) is 3.10. The standard InChI is InChI=1S/C12H15Cl3N2O2S/c13-8-5-10(14)12(11(15)6-8)20(18,19)17-9-3-1-2-4-16-7-9/h5-6,9,16-17H,1-4,7H2. The largest absolute Gasteiger partial charge is 0.315 e. The average molecular weight is 358 g/mol. The number of nitrogens with one attached hydrogen (secondary N) is 2. The van der Waals surface area contributed by atoms with Crippen molar-refractivity contribution in [3.05, 3.63) is 27.2 Å². The van der Waals surface area contributed by atoms with E-state index in [-0.39, 0.29) is 21.0 Å². The summed E-state index contributed by atoms with van der Waals surface area (Å²) in [7, 11) is -3.77. The molecule has 1 fully saturated rings. The zero-order valence-corrected chi connectivity index (χ0v) is 13.7. The van der Waals surface area contributed by atoms with Gasteiger partial charge < -0.3 is 5.32 Å². The molecule has 2 N–H and O–H groups in total. The van der Waals surface area contributed by atoms with Crippen LogP contribution in [-0.2, 0) is 10.0 Å². The molecule has 0 saturated carbocycles. The first-order valence-corrected chi connectivity index (χ1v) is 8.89. The lowest BCUT2D eigenvalue weighted by Gasteiger charge is -2.18. The normalized spacial score (nSPS) is 20.6. The Hall–Kier alpha value is -0.0400. The second-order valence-corrected chi connectivity index (χ2v) is 7.62. The van der Waals surface area contributed by atoms with Gasteiger partial charge >= 0.3 is 0 Å². The van der Waals surface area contributed by atoms with Gasteiger partial charge in [0.25, 0.3) is 0 Å². The first-order chi connectivity index (χ1) is 9.40. The summed E-state index contributed by atoms with van der Waals surface area (Å²) in [6.07, 6.45) is 2.80. The van der Waals surface area contributed by atoms with Crippen LogP contribution in [0.5, 0.6) is 0 Å². The Kier molecular flexibility index (Phi) is 5.56. The Balaban J connectivity index is 2.26. The summed E-state index contributed by atoms with van der Waals surface area (Å²) in [4.78, 5) is -0.116. The van der Waals surface area contributed by atoms with Gasteiger partial charge in [0.1, 0.15) is 4.90 Å². The Bertz CT molecular complexity index is 561. The fourth-order valence-electron chi connectivity index (χ4n) is 2.18. The molecule has 0 radical (unpaired) electrons. The van der Waals surface area contributed by atoms with Crippen LogP contribution < -0.4 is 10.0 Å². The highest BCUT2D eigenvalue weighted by Gasteiger charge is 2.26. The highest BCUT2D eigenvalue weighted by molar-refractivity contribution is 7.89. The molecule has 1 heterocycles. The van der Waals surface area contributed by atoms with Crippen LogP contribution in [0.3, 0.4) is 0 Å². The van der Waals surface area contributed by atoms with Gasteiger partial charge in [0.05, 0.1) is 10.0 Å². The molecule has 1 aliphatic heterocycles. The molecule has 1 atom stereocenters. The number of hydrogen-bond acceptors (Lipinski definition) is 3. The van der Waals surface area contributed by atoms with E-state index in [1.807, 2.05) is 0 Å². The van der Waals surface area contributed by atoms with Crippen LogP contribution in [-0.4, -0.2) is 27.5 Å². The van der Waals surface area contributed by atoms with Crippen LogP contribution in [0.25, 0.3) is 0 Å². The molecule has 4 nitrogen and oxygen atoms in total. The van der Waals surface area contributed by atoms with Crippen LogP contribution in [0.2, 0.25) is 15.1 Å². The molecule has 8 heteroatoms. The van der Waals surface area contributed by atoms with Crippen molar-refractivity contribution in [2.75, 3.05) is 13.1 Å². The van der Waals surface area contributed by atoms with Gasteiger partial charge in [-0.1, -0.05) is 41.2 Å². The average Bonchev–Trinajstić information content (AvgIpc) is 2.54. The van der Waals surface area contributed by atoms with E-state index < -0.39 is 10.0 Å². The van der Waals surface area contributed by atoms with E-state index in [9.17, 15) is 8.42 Å². The van der Waals surface area contributed by atoms with Gasteiger partial charge in [-0.2, -0.15) is 0 Å². The van der Waals surface area contributed by atoms with E-state index in [1.165, 1.54) is 12.1 Å². The fraction of sp³-hybridized carbons (Fsp3) is 0.500. The third-order valence-corrected chi connectivity index (χ3v) is 5.76. The van der Waals surface area contributed by atoms with Crippen LogP contribution in [0, 0.1) is 0 Å². The minimum Gasteiger partial charge on any atom is -0.315 e. The monoisotopic (exact) mass is 356 g/mol. The number of rotatable bonds is 3. The van der Waals surface area contributed by atoms with Crippen LogP contribution in [0.4, 0.5) is 0 Å². The lowest BCUT2D eigenvalue weighted by atomic mass is 10.2. The topological polar surface area (TPSA) is 58.2 Å². The van der Waals surface area contributed by atoms with Crippen molar-refractivity contribution < 1.29 is 8.42 Å². The van der Waals surface area contributed by atoms with Crippen molar-refractivity contribution in [1.82, 2.24) is 10.0 Å². The third kappa shape index (κ3) is 4.00. The van der Waals surface area contributed by atoms with Crippen molar-refractivity contribution >= 4 is 44.8 Å². The highest BCUT2D eigenvalue weighted by Crippen LogP contribution is 2.32. The Morgan fingerprint density at radius 2 is 1.80 bits per heavy atom. The zero-order chi connectivity index (χ0) is 14.8. The van der Waals surface area contributed by atoms with Crippen LogP contribution in [0.15, 0.2) is 17.0 Å². The summed E-state index contributed by atoms with van der Waals surface area (Å²) in [5, 5.41) is 3.55. The van der Waals surface area contributed by atoms with E-state index in [1.54, 1.807) is 0 Å². The summed E-state index contributed by atoms with van der Waals surface area (Å²) in [5.41, 5.74) is 0. The van der Waals surface area contributed by atoms with E-state index in [0.717, 1.165) is 25.8 Å². The first kappa shape index (κ1) is 16.3. The molecule has 0 spiro atoms. The second kappa shape index (κ2) is 6.81. The van der Waals surface area contributed by atoms with Crippen molar-refractivity contribution in [2.45, 2.75) is 30.2 Å². The molecule has 112 valence electrons. The molecule has 1 aromatic rings. The number of halogens is 3. The smallest absolute Gasteiger partial charge is 0.243 e.